The number of urea groups is 1. The number of hydrogen-bond acceptors (Lipinski definition) is 4. The van der Waals surface area contributed by atoms with Crippen LogP contribution in [0, 0.1) is 0 Å². The number of amides is 4. The Morgan fingerprint density at radius 2 is 1.96 bits per heavy atom. The Bertz CT molecular complexity index is 740. The summed E-state index contributed by atoms with van der Waals surface area (Å²) in [4.78, 5) is 38.4. The maximum atomic E-state index is 12.7. The van der Waals surface area contributed by atoms with E-state index < -0.39 is 17.5 Å². The Hall–Kier alpha value is -2.28. The number of halogens is 1. The standard InChI is InChI=1S/C20H28ClN3O4/c1-4-5-6-7-8-11-20(2)18(26)24(19(27)23-20)13-17(25)22-15-12-14(21)9-10-16(15)28-3/h9-10,12H,4-8,11,13H2,1-3H3,(H,22,25)(H,23,27). The van der Waals surface area contributed by atoms with Gasteiger partial charge < -0.3 is 15.4 Å². The third kappa shape index (κ3) is 5.38. The van der Waals surface area contributed by atoms with Crippen molar-refractivity contribution in [2.45, 2.75) is 57.9 Å². The highest BCUT2D eigenvalue weighted by Gasteiger charge is 2.47. The topological polar surface area (TPSA) is 87.7 Å². The van der Waals surface area contributed by atoms with Crippen molar-refractivity contribution in [3.05, 3.63) is 23.2 Å². The van der Waals surface area contributed by atoms with Gasteiger partial charge in [0.05, 0.1) is 12.8 Å². The monoisotopic (exact) mass is 409 g/mol. The van der Waals surface area contributed by atoms with Gasteiger partial charge in [0.15, 0.2) is 0 Å². The third-order valence-electron chi connectivity index (χ3n) is 4.86. The minimum absolute atomic E-state index is 0.369. The molecule has 154 valence electrons. The summed E-state index contributed by atoms with van der Waals surface area (Å²) < 4.78 is 5.19. The van der Waals surface area contributed by atoms with Crippen LogP contribution in [0.2, 0.25) is 5.02 Å². The van der Waals surface area contributed by atoms with E-state index >= 15 is 0 Å². The molecule has 28 heavy (non-hydrogen) atoms. The second-order valence-corrected chi connectivity index (χ2v) is 7.65. The van der Waals surface area contributed by atoms with Crippen LogP contribution in [-0.4, -0.2) is 41.9 Å². The van der Waals surface area contributed by atoms with E-state index in [1.807, 2.05) is 0 Å². The Balaban J connectivity index is 1.96. The normalized spacial score (nSPS) is 18.9. The van der Waals surface area contributed by atoms with Crippen LogP contribution in [0.15, 0.2) is 18.2 Å². The van der Waals surface area contributed by atoms with Crippen LogP contribution in [0.3, 0.4) is 0 Å². The molecular weight excluding hydrogens is 382 g/mol. The number of ether oxygens (including phenoxy) is 1. The minimum Gasteiger partial charge on any atom is -0.495 e. The van der Waals surface area contributed by atoms with Crippen LogP contribution in [-0.2, 0) is 9.59 Å². The lowest BCUT2D eigenvalue weighted by atomic mass is 9.94. The number of carbonyl (C=O) groups excluding carboxylic acids is 3. The molecule has 2 rings (SSSR count). The summed E-state index contributed by atoms with van der Waals surface area (Å²) in [6.07, 6.45) is 5.84. The largest absolute Gasteiger partial charge is 0.495 e. The lowest BCUT2D eigenvalue weighted by Crippen LogP contribution is -2.44. The summed E-state index contributed by atoms with van der Waals surface area (Å²) in [5.41, 5.74) is -0.581. The van der Waals surface area contributed by atoms with Gasteiger partial charge in [-0.05, 0) is 31.5 Å². The lowest BCUT2D eigenvalue weighted by molar-refractivity contribution is -0.133. The van der Waals surface area contributed by atoms with Crippen LogP contribution in [0.4, 0.5) is 10.5 Å². The van der Waals surface area contributed by atoms with Gasteiger partial charge in [-0.2, -0.15) is 0 Å². The Labute approximate surface area is 170 Å². The summed E-state index contributed by atoms with van der Waals surface area (Å²) >= 11 is 5.96. The second kappa shape index (κ2) is 9.78. The summed E-state index contributed by atoms with van der Waals surface area (Å²) in [5.74, 6) is -0.440. The zero-order chi connectivity index (χ0) is 20.7. The molecule has 0 saturated carbocycles. The van der Waals surface area contributed by atoms with E-state index in [-0.39, 0.29) is 12.5 Å². The van der Waals surface area contributed by atoms with Gasteiger partial charge in [0.25, 0.3) is 5.91 Å². The number of imide groups is 1. The Kier molecular flexibility index (Phi) is 7.69. The van der Waals surface area contributed by atoms with Gasteiger partial charge in [0.1, 0.15) is 17.8 Å². The smallest absolute Gasteiger partial charge is 0.325 e. The predicted molar refractivity (Wildman–Crippen MR) is 109 cm³/mol. The number of hydrogen-bond donors (Lipinski definition) is 2. The molecule has 1 aliphatic heterocycles. The number of benzene rings is 1. The summed E-state index contributed by atoms with van der Waals surface area (Å²) in [5, 5.41) is 5.81. The summed E-state index contributed by atoms with van der Waals surface area (Å²) in [7, 11) is 1.47. The second-order valence-electron chi connectivity index (χ2n) is 7.21. The Morgan fingerprint density at radius 1 is 1.25 bits per heavy atom. The molecule has 1 heterocycles. The van der Waals surface area contributed by atoms with Gasteiger partial charge in [-0.1, -0.05) is 50.6 Å². The van der Waals surface area contributed by atoms with Crippen molar-refractivity contribution in [2.75, 3.05) is 19.0 Å². The van der Waals surface area contributed by atoms with Crippen LogP contribution < -0.4 is 15.4 Å². The molecule has 7 nitrogen and oxygen atoms in total. The number of rotatable bonds is 10. The first kappa shape index (κ1) is 22.0. The average Bonchev–Trinajstić information content (AvgIpc) is 2.85. The molecular formula is C20H28ClN3O4. The molecule has 0 radical (unpaired) electrons. The van der Waals surface area contributed by atoms with E-state index in [1.165, 1.54) is 7.11 Å². The first-order valence-corrected chi connectivity index (χ1v) is 9.96. The van der Waals surface area contributed by atoms with Crippen molar-refractivity contribution in [1.82, 2.24) is 10.2 Å². The molecule has 0 spiro atoms. The fourth-order valence-electron chi connectivity index (χ4n) is 3.25. The molecule has 4 amide bonds. The molecule has 1 unspecified atom stereocenters. The molecule has 1 saturated heterocycles. The molecule has 0 aliphatic carbocycles. The SMILES string of the molecule is CCCCCCCC1(C)NC(=O)N(CC(=O)Nc2cc(Cl)ccc2OC)C1=O. The Morgan fingerprint density at radius 3 is 2.64 bits per heavy atom. The van der Waals surface area contributed by atoms with E-state index in [2.05, 4.69) is 17.6 Å². The predicted octanol–water partition coefficient (Wildman–Crippen LogP) is 3.96. The highest BCUT2D eigenvalue weighted by molar-refractivity contribution is 6.31. The van der Waals surface area contributed by atoms with Crippen molar-refractivity contribution >= 4 is 35.1 Å². The molecule has 1 fully saturated rings. The fourth-order valence-corrected chi connectivity index (χ4v) is 3.43. The van der Waals surface area contributed by atoms with Crippen molar-refractivity contribution in [3.63, 3.8) is 0 Å². The molecule has 0 aromatic heterocycles. The van der Waals surface area contributed by atoms with Crippen LogP contribution in [0.25, 0.3) is 0 Å². The van der Waals surface area contributed by atoms with Gasteiger partial charge in [0, 0.05) is 5.02 Å². The van der Waals surface area contributed by atoms with Gasteiger partial charge in [-0.3, -0.25) is 14.5 Å². The van der Waals surface area contributed by atoms with Gasteiger partial charge in [0.2, 0.25) is 5.91 Å². The van der Waals surface area contributed by atoms with E-state index in [1.54, 1.807) is 25.1 Å². The first-order chi connectivity index (χ1) is 13.3. The molecule has 1 aromatic rings. The number of anilines is 1. The lowest BCUT2D eigenvalue weighted by Gasteiger charge is -2.21. The molecule has 1 aromatic carbocycles. The number of nitrogens with zero attached hydrogens (tertiary/aromatic N) is 1. The highest BCUT2D eigenvalue weighted by atomic mass is 35.5. The highest BCUT2D eigenvalue weighted by Crippen LogP contribution is 2.28. The average molecular weight is 410 g/mol. The third-order valence-corrected chi connectivity index (χ3v) is 5.10. The zero-order valence-corrected chi connectivity index (χ0v) is 17.4. The van der Waals surface area contributed by atoms with Crippen molar-refractivity contribution < 1.29 is 19.1 Å². The number of methoxy groups -OCH3 is 1. The maximum Gasteiger partial charge on any atom is 0.325 e. The molecule has 1 aliphatic rings. The number of unbranched alkanes of at least 4 members (excludes halogenated alkanes) is 4. The van der Waals surface area contributed by atoms with Gasteiger partial charge >= 0.3 is 6.03 Å². The first-order valence-electron chi connectivity index (χ1n) is 9.58. The van der Waals surface area contributed by atoms with Crippen molar-refractivity contribution in [3.8, 4) is 5.75 Å². The fraction of sp³-hybridized carbons (Fsp3) is 0.550. The number of nitrogens with one attached hydrogen (secondary N) is 2. The molecule has 2 N–H and O–H groups in total. The molecule has 1 atom stereocenters. The maximum absolute atomic E-state index is 12.7. The summed E-state index contributed by atoms with van der Waals surface area (Å²) in [6.45, 7) is 3.49. The summed E-state index contributed by atoms with van der Waals surface area (Å²) in [6, 6.07) is 4.26. The van der Waals surface area contributed by atoms with Gasteiger partial charge in [-0.25, -0.2) is 4.79 Å². The van der Waals surface area contributed by atoms with E-state index in [4.69, 9.17) is 16.3 Å². The van der Waals surface area contributed by atoms with Crippen molar-refractivity contribution in [1.29, 1.82) is 0 Å². The number of carbonyl (C=O) groups is 3. The zero-order valence-electron chi connectivity index (χ0n) is 16.6. The van der Waals surface area contributed by atoms with Crippen LogP contribution in [0.5, 0.6) is 5.75 Å². The van der Waals surface area contributed by atoms with Crippen LogP contribution in [0.1, 0.15) is 52.4 Å². The van der Waals surface area contributed by atoms with E-state index in [0.29, 0.717) is 22.9 Å². The quantitative estimate of drug-likeness (QED) is 0.452. The molecule has 0 bridgehead atoms. The van der Waals surface area contributed by atoms with E-state index in [0.717, 1.165) is 37.0 Å². The van der Waals surface area contributed by atoms with Gasteiger partial charge in [-0.15, -0.1) is 0 Å². The molecule has 8 heteroatoms. The minimum atomic E-state index is -0.961. The van der Waals surface area contributed by atoms with E-state index in [9.17, 15) is 14.4 Å². The van der Waals surface area contributed by atoms with Crippen molar-refractivity contribution in [2.24, 2.45) is 0 Å². The van der Waals surface area contributed by atoms with Crippen LogP contribution >= 0.6 is 11.6 Å².